The van der Waals surface area contributed by atoms with Gasteiger partial charge >= 0.3 is 6.61 Å². The molecule has 3 aromatic heterocycles. The summed E-state index contributed by atoms with van der Waals surface area (Å²) in [6, 6.07) is 4.41. The number of nitrogens with zero attached hydrogens (tertiary/aromatic N) is 3. The van der Waals surface area contributed by atoms with Gasteiger partial charge < -0.3 is 14.8 Å². The lowest BCUT2D eigenvalue weighted by Crippen LogP contribution is -2.21. The number of aliphatic hydroxyl groups is 1. The van der Waals surface area contributed by atoms with Crippen LogP contribution in [-0.2, 0) is 6.42 Å². The topological polar surface area (TPSA) is 76.0 Å². The number of ether oxygens (including phenoxy) is 1. The number of aliphatic hydroxyl groups excluding tert-OH is 1. The number of aromatic amines is 1. The second-order valence-corrected chi connectivity index (χ2v) is 9.90. The number of H-pyrrole nitrogens is 1. The Morgan fingerprint density at radius 2 is 2.00 bits per heavy atom. The maximum absolute atomic E-state index is 14.3. The molecule has 0 bridgehead atoms. The van der Waals surface area contributed by atoms with Gasteiger partial charge in [0, 0.05) is 46.6 Å². The van der Waals surface area contributed by atoms with Crippen molar-refractivity contribution in [2.24, 2.45) is 0 Å². The molecular weight excluding hydrogens is 505 g/mol. The predicted octanol–water partition coefficient (Wildman–Crippen LogP) is 7.01. The molecule has 6 nitrogen and oxygen atoms in total. The van der Waals surface area contributed by atoms with Gasteiger partial charge in [-0.05, 0) is 55.9 Å². The molecule has 5 rings (SSSR count). The fraction of sp³-hybridized carbons (Fsp3) is 0.407. The van der Waals surface area contributed by atoms with E-state index in [1.54, 1.807) is 19.3 Å². The Bertz CT molecular complexity index is 1410. The zero-order valence-corrected chi connectivity index (χ0v) is 21.3. The third-order valence-electron chi connectivity index (χ3n) is 7.27. The summed E-state index contributed by atoms with van der Waals surface area (Å²) < 4.78 is 47.1. The third kappa shape index (κ3) is 4.94. The maximum Gasteiger partial charge on any atom is 0.387 e. The van der Waals surface area contributed by atoms with Crippen molar-refractivity contribution in [3.8, 4) is 16.9 Å². The van der Waals surface area contributed by atoms with Gasteiger partial charge in [0.2, 0.25) is 0 Å². The molecule has 1 aliphatic carbocycles. The molecule has 0 radical (unpaired) electrons. The molecule has 1 aliphatic rings. The molecule has 1 saturated carbocycles. The molecule has 0 spiro atoms. The summed E-state index contributed by atoms with van der Waals surface area (Å²) in [4.78, 5) is 7.71. The van der Waals surface area contributed by atoms with Gasteiger partial charge in [0.1, 0.15) is 17.2 Å². The molecule has 10 heteroatoms. The Morgan fingerprint density at radius 3 is 2.70 bits per heavy atom. The van der Waals surface area contributed by atoms with Crippen LogP contribution in [0.15, 0.2) is 36.8 Å². The largest absolute Gasteiger partial charge is 0.434 e. The number of aromatic nitrogens is 4. The maximum atomic E-state index is 14.3. The van der Waals surface area contributed by atoms with Crippen LogP contribution in [0.25, 0.3) is 22.2 Å². The third-order valence-corrected chi connectivity index (χ3v) is 7.65. The first-order chi connectivity index (χ1) is 17.8. The smallest absolute Gasteiger partial charge is 0.387 e. The van der Waals surface area contributed by atoms with Crippen LogP contribution in [0.3, 0.4) is 0 Å². The molecular formula is C27H28ClF3N4O2. The summed E-state index contributed by atoms with van der Waals surface area (Å²) in [5.74, 6) is -1.44. The number of alkyl halides is 2. The Hall–Kier alpha value is -3.04. The number of nitrogens with one attached hydrogen (secondary N) is 1. The standard InChI is InChI=1S/C27H28ClF3N4O2/c1-3-22-20(13-35(34-22)16-4-6-17(36)7-5-16)15-10-18-19(12-33-26(18)32-11-15)14(2)24-23(37-27(30)31)9-8-21(29)25(24)28/h8-14,16-17,27,36H,3-7H2,1-2H3,(H,32,33). The minimum Gasteiger partial charge on any atom is -0.434 e. The molecule has 3 heterocycles. The summed E-state index contributed by atoms with van der Waals surface area (Å²) in [6.45, 7) is 0.744. The van der Waals surface area contributed by atoms with Gasteiger partial charge in [-0.3, -0.25) is 4.68 Å². The number of aryl methyl sites for hydroxylation is 1. The van der Waals surface area contributed by atoms with Crippen molar-refractivity contribution in [3.63, 3.8) is 0 Å². The fourth-order valence-electron chi connectivity index (χ4n) is 5.28. The van der Waals surface area contributed by atoms with Crippen molar-refractivity contribution in [3.05, 3.63) is 64.5 Å². The van der Waals surface area contributed by atoms with E-state index in [1.165, 1.54) is 6.07 Å². The summed E-state index contributed by atoms with van der Waals surface area (Å²) in [5, 5.41) is 15.2. The number of fused-ring (bicyclic) bond motifs is 1. The van der Waals surface area contributed by atoms with Gasteiger partial charge in [0.25, 0.3) is 0 Å². The number of rotatable bonds is 7. The Morgan fingerprint density at radius 1 is 1.24 bits per heavy atom. The highest BCUT2D eigenvalue weighted by atomic mass is 35.5. The Balaban J connectivity index is 1.55. The molecule has 1 aromatic carbocycles. The first kappa shape index (κ1) is 25.6. The number of halogens is 4. The van der Waals surface area contributed by atoms with E-state index in [0.717, 1.165) is 65.9 Å². The second kappa shape index (κ2) is 10.4. The van der Waals surface area contributed by atoms with E-state index in [1.807, 2.05) is 23.9 Å². The molecule has 37 heavy (non-hydrogen) atoms. The molecule has 1 atom stereocenters. The fourth-order valence-corrected chi connectivity index (χ4v) is 5.60. The van der Waals surface area contributed by atoms with Crippen molar-refractivity contribution in [2.45, 2.75) is 70.6 Å². The Labute approximate surface area is 217 Å². The summed E-state index contributed by atoms with van der Waals surface area (Å²) in [6.07, 6.45) is 9.32. The van der Waals surface area contributed by atoms with Gasteiger partial charge in [-0.15, -0.1) is 0 Å². The van der Waals surface area contributed by atoms with Crippen LogP contribution in [0.2, 0.25) is 5.02 Å². The van der Waals surface area contributed by atoms with Crippen LogP contribution in [0.5, 0.6) is 5.75 Å². The second-order valence-electron chi connectivity index (χ2n) is 9.52. The van der Waals surface area contributed by atoms with Gasteiger partial charge in [-0.2, -0.15) is 13.9 Å². The highest BCUT2D eigenvalue weighted by Crippen LogP contribution is 2.42. The number of pyridine rings is 1. The molecule has 2 N–H and O–H groups in total. The van der Waals surface area contributed by atoms with Crippen molar-refractivity contribution in [1.82, 2.24) is 19.7 Å². The summed E-state index contributed by atoms with van der Waals surface area (Å²) >= 11 is 6.24. The molecule has 1 unspecified atom stereocenters. The highest BCUT2D eigenvalue weighted by molar-refractivity contribution is 6.31. The average molecular weight is 533 g/mol. The molecule has 0 amide bonds. The van der Waals surface area contributed by atoms with E-state index >= 15 is 0 Å². The van der Waals surface area contributed by atoms with Crippen LogP contribution in [0.4, 0.5) is 13.2 Å². The lowest BCUT2D eigenvalue weighted by atomic mass is 9.91. The van der Waals surface area contributed by atoms with E-state index in [2.05, 4.69) is 14.7 Å². The minimum atomic E-state index is -3.07. The first-order valence-electron chi connectivity index (χ1n) is 12.4. The van der Waals surface area contributed by atoms with Crippen LogP contribution in [0.1, 0.15) is 68.3 Å². The lowest BCUT2D eigenvalue weighted by Gasteiger charge is -2.25. The van der Waals surface area contributed by atoms with Crippen LogP contribution < -0.4 is 4.74 Å². The zero-order chi connectivity index (χ0) is 26.3. The quantitative estimate of drug-likeness (QED) is 0.268. The van der Waals surface area contributed by atoms with Gasteiger partial charge in [-0.1, -0.05) is 25.4 Å². The Kier molecular flexibility index (Phi) is 7.18. The number of hydrogen-bond acceptors (Lipinski definition) is 4. The summed E-state index contributed by atoms with van der Waals surface area (Å²) in [7, 11) is 0. The number of benzene rings is 1. The SMILES string of the molecule is CCc1nn(C2CCC(O)CC2)cc1-c1cnc2[nH]cc(C(C)c3c(OC(F)F)ccc(F)c3Cl)c2c1. The normalized spacial score (nSPS) is 19.0. The molecule has 0 aliphatic heterocycles. The van der Waals surface area contributed by atoms with Crippen LogP contribution in [-0.4, -0.2) is 37.6 Å². The van der Waals surface area contributed by atoms with Crippen LogP contribution in [0, 0.1) is 5.82 Å². The number of hydrogen-bond donors (Lipinski definition) is 2. The average Bonchev–Trinajstić information content (AvgIpc) is 3.50. The van der Waals surface area contributed by atoms with Crippen molar-refractivity contribution in [2.75, 3.05) is 0 Å². The molecule has 196 valence electrons. The highest BCUT2D eigenvalue weighted by Gasteiger charge is 2.26. The van der Waals surface area contributed by atoms with Crippen molar-refractivity contribution >= 4 is 22.6 Å². The minimum absolute atomic E-state index is 0.148. The van der Waals surface area contributed by atoms with E-state index < -0.39 is 18.3 Å². The van der Waals surface area contributed by atoms with E-state index in [4.69, 9.17) is 16.7 Å². The zero-order valence-electron chi connectivity index (χ0n) is 20.5. The van der Waals surface area contributed by atoms with Gasteiger partial charge in [-0.25, -0.2) is 9.37 Å². The van der Waals surface area contributed by atoms with E-state index in [0.29, 0.717) is 5.65 Å². The predicted molar refractivity (Wildman–Crippen MR) is 136 cm³/mol. The van der Waals surface area contributed by atoms with E-state index in [9.17, 15) is 18.3 Å². The van der Waals surface area contributed by atoms with E-state index in [-0.39, 0.29) is 28.5 Å². The molecule has 1 fully saturated rings. The first-order valence-corrected chi connectivity index (χ1v) is 12.8. The molecule has 4 aromatic rings. The van der Waals surface area contributed by atoms with Crippen LogP contribution >= 0.6 is 11.6 Å². The molecule has 0 saturated heterocycles. The van der Waals surface area contributed by atoms with Crippen molar-refractivity contribution in [1.29, 1.82) is 0 Å². The summed E-state index contributed by atoms with van der Waals surface area (Å²) in [5.41, 5.74) is 4.26. The van der Waals surface area contributed by atoms with Crippen molar-refractivity contribution < 1.29 is 23.0 Å². The van der Waals surface area contributed by atoms with Gasteiger partial charge in [0.05, 0.1) is 22.9 Å². The lowest BCUT2D eigenvalue weighted by molar-refractivity contribution is -0.0505. The monoisotopic (exact) mass is 532 g/mol. The van der Waals surface area contributed by atoms with Gasteiger partial charge in [0.15, 0.2) is 0 Å².